The van der Waals surface area contributed by atoms with E-state index in [9.17, 15) is 0 Å². The van der Waals surface area contributed by atoms with Crippen LogP contribution in [0.1, 0.15) is 30.0 Å². The van der Waals surface area contributed by atoms with Gasteiger partial charge in [-0.25, -0.2) is 0 Å². The van der Waals surface area contributed by atoms with Crippen molar-refractivity contribution in [2.75, 3.05) is 26.2 Å². The van der Waals surface area contributed by atoms with Crippen LogP contribution >= 0.6 is 0 Å². The van der Waals surface area contributed by atoms with Crippen molar-refractivity contribution in [1.82, 2.24) is 10.2 Å². The minimum Gasteiger partial charge on any atom is -0.415 e. The highest BCUT2D eigenvalue weighted by Crippen LogP contribution is 2.21. The molecule has 0 unspecified atom stereocenters. The predicted octanol–water partition coefficient (Wildman–Crippen LogP) is 2.24. The third-order valence-electron chi connectivity index (χ3n) is 6.61. The molecule has 1 aliphatic rings. The molecule has 4 aromatic rings. The molecule has 1 saturated heterocycles. The van der Waals surface area contributed by atoms with Crippen molar-refractivity contribution in [3.05, 3.63) is 83.7 Å². The molecule has 0 spiro atoms. The first-order valence-electron chi connectivity index (χ1n) is 11.2. The van der Waals surface area contributed by atoms with Crippen LogP contribution in [0.2, 0.25) is 0 Å². The van der Waals surface area contributed by atoms with Crippen LogP contribution in [-0.2, 0) is 6.54 Å². The SMILES string of the molecule is Cc1cccc(-c2nnc([C@@H](C)[NH+]3CC[NH+](Cc4cccc5ccccc45)CC3)o2)c1. The minimum absolute atomic E-state index is 0.213. The lowest BCUT2D eigenvalue weighted by atomic mass is 10.0. The quantitative estimate of drug-likeness (QED) is 0.527. The van der Waals surface area contributed by atoms with E-state index in [1.807, 2.05) is 12.1 Å². The molecule has 2 N–H and O–H groups in total. The number of quaternary nitrogens is 2. The number of nitrogens with one attached hydrogen (secondary N) is 2. The van der Waals surface area contributed by atoms with E-state index in [4.69, 9.17) is 4.42 Å². The van der Waals surface area contributed by atoms with Crippen molar-refractivity contribution in [1.29, 1.82) is 0 Å². The lowest BCUT2D eigenvalue weighted by Crippen LogP contribution is -3.27. The molecule has 0 saturated carbocycles. The average molecular weight is 415 g/mol. The Morgan fingerprint density at radius 1 is 0.903 bits per heavy atom. The van der Waals surface area contributed by atoms with Gasteiger partial charge in [0.05, 0.1) is 0 Å². The minimum atomic E-state index is 0.213. The number of piperazine rings is 1. The van der Waals surface area contributed by atoms with Gasteiger partial charge in [-0.3, -0.25) is 0 Å². The van der Waals surface area contributed by atoms with Crippen LogP contribution in [-0.4, -0.2) is 36.4 Å². The molecule has 5 rings (SSSR count). The number of aromatic nitrogens is 2. The van der Waals surface area contributed by atoms with Crippen LogP contribution in [0.25, 0.3) is 22.2 Å². The van der Waals surface area contributed by atoms with Gasteiger partial charge in [0.25, 0.3) is 5.89 Å². The monoisotopic (exact) mass is 414 g/mol. The first-order chi connectivity index (χ1) is 15.2. The molecule has 31 heavy (non-hydrogen) atoms. The summed E-state index contributed by atoms with van der Waals surface area (Å²) >= 11 is 0. The van der Waals surface area contributed by atoms with Crippen LogP contribution < -0.4 is 9.80 Å². The molecule has 1 aliphatic heterocycles. The zero-order chi connectivity index (χ0) is 21.2. The fourth-order valence-electron chi connectivity index (χ4n) is 4.73. The fraction of sp³-hybridized carbons (Fsp3) is 0.308. The highest BCUT2D eigenvalue weighted by Gasteiger charge is 2.31. The number of aryl methyl sites for hydroxylation is 1. The van der Waals surface area contributed by atoms with Gasteiger partial charge >= 0.3 is 0 Å². The molecule has 3 aromatic carbocycles. The summed E-state index contributed by atoms with van der Waals surface area (Å²) in [5.74, 6) is 1.36. The van der Waals surface area contributed by atoms with E-state index in [-0.39, 0.29) is 6.04 Å². The van der Waals surface area contributed by atoms with Gasteiger partial charge in [-0.2, -0.15) is 0 Å². The Balaban J connectivity index is 1.22. The summed E-state index contributed by atoms with van der Waals surface area (Å²) in [6.07, 6.45) is 0. The third-order valence-corrected chi connectivity index (χ3v) is 6.61. The normalized spacial score (nSPS) is 20.1. The van der Waals surface area contributed by atoms with Gasteiger partial charge in [-0.05, 0) is 36.8 Å². The van der Waals surface area contributed by atoms with E-state index in [2.05, 4.69) is 78.6 Å². The summed E-state index contributed by atoms with van der Waals surface area (Å²) in [5, 5.41) is 11.4. The second-order valence-electron chi connectivity index (χ2n) is 8.76. The summed E-state index contributed by atoms with van der Waals surface area (Å²) in [6.45, 7) is 9.91. The maximum absolute atomic E-state index is 6.06. The summed E-state index contributed by atoms with van der Waals surface area (Å²) in [7, 11) is 0. The van der Waals surface area contributed by atoms with Gasteiger partial charge in [-0.15, -0.1) is 10.2 Å². The van der Waals surface area contributed by atoms with Crippen molar-refractivity contribution in [3.63, 3.8) is 0 Å². The van der Waals surface area contributed by atoms with E-state index in [0.717, 1.165) is 44.2 Å². The van der Waals surface area contributed by atoms with Gasteiger partial charge in [0, 0.05) is 11.1 Å². The van der Waals surface area contributed by atoms with E-state index < -0.39 is 0 Å². The standard InChI is InChI=1S/C26H28N4O/c1-19-7-5-10-22(17-19)26-28-27-25(31-26)20(2)30-15-13-29(14-16-30)18-23-11-6-9-21-8-3-4-12-24(21)23/h3-12,17,20H,13-16,18H2,1-2H3/p+2/t20-/m1/s1. The molecule has 158 valence electrons. The van der Waals surface area contributed by atoms with E-state index >= 15 is 0 Å². The van der Waals surface area contributed by atoms with Crippen LogP contribution in [0, 0.1) is 6.92 Å². The largest absolute Gasteiger partial charge is 0.415 e. The van der Waals surface area contributed by atoms with Gasteiger partial charge < -0.3 is 14.2 Å². The molecule has 0 bridgehead atoms. The number of nitrogens with zero attached hydrogens (tertiary/aromatic N) is 2. The molecule has 2 heterocycles. The van der Waals surface area contributed by atoms with Gasteiger partial charge in [-0.1, -0.05) is 60.2 Å². The van der Waals surface area contributed by atoms with Gasteiger partial charge in [0.15, 0.2) is 6.04 Å². The van der Waals surface area contributed by atoms with Gasteiger partial charge in [0.1, 0.15) is 32.7 Å². The molecule has 1 atom stereocenters. The molecule has 1 fully saturated rings. The van der Waals surface area contributed by atoms with Crippen molar-refractivity contribution in [2.24, 2.45) is 0 Å². The number of hydrogen-bond donors (Lipinski definition) is 2. The van der Waals surface area contributed by atoms with Crippen LogP contribution in [0.15, 0.2) is 71.1 Å². The molecule has 0 aliphatic carbocycles. The highest BCUT2D eigenvalue weighted by atomic mass is 16.4. The number of rotatable bonds is 5. The maximum atomic E-state index is 6.06. The Kier molecular flexibility index (Phi) is 5.53. The summed E-state index contributed by atoms with van der Waals surface area (Å²) in [6, 6.07) is 23.8. The van der Waals surface area contributed by atoms with Crippen molar-refractivity contribution < 1.29 is 14.2 Å². The zero-order valence-electron chi connectivity index (χ0n) is 18.3. The fourth-order valence-corrected chi connectivity index (χ4v) is 4.73. The number of fused-ring (bicyclic) bond motifs is 1. The number of hydrogen-bond acceptors (Lipinski definition) is 3. The molecule has 0 amide bonds. The summed E-state index contributed by atoms with van der Waals surface area (Å²) in [5.41, 5.74) is 3.64. The second kappa shape index (κ2) is 8.61. The Morgan fingerprint density at radius 3 is 2.52 bits per heavy atom. The Morgan fingerprint density at radius 2 is 1.68 bits per heavy atom. The topological polar surface area (TPSA) is 47.8 Å². The Labute approximate surface area is 183 Å². The smallest absolute Gasteiger partial charge is 0.274 e. The lowest BCUT2D eigenvalue weighted by molar-refractivity contribution is -1.03. The molecule has 0 radical (unpaired) electrons. The molecule has 5 nitrogen and oxygen atoms in total. The first-order valence-corrected chi connectivity index (χ1v) is 11.2. The molecular weight excluding hydrogens is 384 g/mol. The van der Waals surface area contributed by atoms with Crippen molar-refractivity contribution in [3.8, 4) is 11.5 Å². The summed E-state index contributed by atoms with van der Waals surface area (Å²) < 4.78 is 6.06. The van der Waals surface area contributed by atoms with Crippen LogP contribution in [0.5, 0.6) is 0 Å². The third kappa shape index (κ3) is 4.24. The molecule has 1 aromatic heterocycles. The second-order valence-corrected chi connectivity index (χ2v) is 8.76. The highest BCUT2D eigenvalue weighted by molar-refractivity contribution is 5.85. The summed E-state index contributed by atoms with van der Waals surface area (Å²) in [4.78, 5) is 3.18. The van der Waals surface area contributed by atoms with Crippen LogP contribution in [0.4, 0.5) is 0 Å². The predicted molar refractivity (Wildman–Crippen MR) is 122 cm³/mol. The Bertz CT molecular complexity index is 1170. The average Bonchev–Trinajstić information content (AvgIpc) is 3.30. The van der Waals surface area contributed by atoms with Gasteiger partial charge in [0.2, 0.25) is 5.89 Å². The zero-order valence-corrected chi connectivity index (χ0v) is 18.3. The van der Waals surface area contributed by atoms with E-state index in [1.165, 1.54) is 26.8 Å². The van der Waals surface area contributed by atoms with E-state index in [0.29, 0.717) is 5.89 Å². The van der Waals surface area contributed by atoms with E-state index in [1.54, 1.807) is 4.90 Å². The van der Waals surface area contributed by atoms with Crippen molar-refractivity contribution in [2.45, 2.75) is 26.4 Å². The molecular formula is C26H30N4O+2. The van der Waals surface area contributed by atoms with Crippen molar-refractivity contribution >= 4 is 10.8 Å². The first kappa shape index (κ1) is 19.9. The Hall–Kier alpha value is -3.02. The molecule has 5 heteroatoms. The lowest BCUT2D eigenvalue weighted by Gasteiger charge is -2.32. The van der Waals surface area contributed by atoms with Crippen LogP contribution in [0.3, 0.4) is 0 Å². The maximum Gasteiger partial charge on any atom is 0.274 e. The number of benzene rings is 3.